The fourth-order valence-electron chi connectivity index (χ4n) is 1.59. The second-order valence-corrected chi connectivity index (χ2v) is 6.63. The lowest BCUT2D eigenvalue weighted by Gasteiger charge is -2.12. The Balaban J connectivity index is 2.35. The Morgan fingerprint density at radius 2 is 1.84 bits per heavy atom. The molecular weight excluding hydrogens is 395 g/mol. The van der Waals surface area contributed by atoms with E-state index in [2.05, 4.69) is 22.6 Å². The van der Waals surface area contributed by atoms with Crippen LogP contribution < -0.4 is 0 Å². The Morgan fingerprint density at radius 3 is 2.32 bits per heavy atom. The van der Waals surface area contributed by atoms with Crippen LogP contribution in [0.15, 0.2) is 29.6 Å². The van der Waals surface area contributed by atoms with Crippen molar-refractivity contribution in [3.05, 3.63) is 55.0 Å². The van der Waals surface area contributed by atoms with Gasteiger partial charge in [-0.1, -0.05) is 6.07 Å². The number of alkyl halides is 3. The minimum atomic E-state index is -4.73. The van der Waals surface area contributed by atoms with Crippen molar-refractivity contribution in [3.8, 4) is 0 Å². The molecule has 2 rings (SSSR count). The number of thiophene rings is 1. The van der Waals surface area contributed by atoms with E-state index in [0.717, 1.165) is 15.0 Å². The van der Waals surface area contributed by atoms with Gasteiger partial charge in [-0.2, -0.15) is 13.2 Å². The molecule has 19 heavy (non-hydrogen) atoms. The third kappa shape index (κ3) is 3.26. The molecule has 1 unspecified atom stereocenters. The fraction of sp³-hybridized carbons (Fsp3) is 0.167. The van der Waals surface area contributed by atoms with Gasteiger partial charge >= 0.3 is 6.18 Å². The summed E-state index contributed by atoms with van der Waals surface area (Å²) in [7, 11) is 0. The maximum atomic E-state index is 13.4. The van der Waals surface area contributed by atoms with E-state index < -0.39 is 23.7 Å². The van der Waals surface area contributed by atoms with Crippen LogP contribution in [0.1, 0.15) is 22.8 Å². The molecule has 0 radical (unpaired) electrons. The molecule has 0 amide bonds. The van der Waals surface area contributed by atoms with Gasteiger partial charge in [0.25, 0.3) is 0 Å². The molecule has 1 atom stereocenters. The van der Waals surface area contributed by atoms with Crippen molar-refractivity contribution in [2.45, 2.75) is 12.3 Å². The predicted molar refractivity (Wildman–Crippen MR) is 72.5 cm³/mol. The first-order valence-corrected chi connectivity index (χ1v) is 7.03. The van der Waals surface area contributed by atoms with Gasteiger partial charge in [0.2, 0.25) is 0 Å². The summed E-state index contributed by atoms with van der Waals surface area (Å²) in [6, 6.07) is 4.15. The Labute approximate surface area is 124 Å². The number of rotatable bonds is 2. The molecule has 2 aromatic rings. The van der Waals surface area contributed by atoms with Gasteiger partial charge in [0.15, 0.2) is 0 Å². The van der Waals surface area contributed by atoms with E-state index >= 15 is 0 Å². The topological polar surface area (TPSA) is 20.2 Å². The molecular formula is C12H7F4IOS. The normalized spacial score (nSPS) is 13.6. The minimum Gasteiger partial charge on any atom is -0.384 e. The number of halogens is 5. The van der Waals surface area contributed by atoms with E-state index in [4.69, 9.17) is 0 Å². The van der Waals surface area contributed by atoms with Crippen LogP contribution in [0.3, 0.4) is 0 Å². The summed E-state index contributed by atoms with van der Waals surface area (Å²) in [5.41, 5.74) is -0.698. The van der Waals surface area contributed by atoms with Gasteiger partial charge < -0.3 is 5.11 Å². The maximum Gasteiger partial charge on any atom is 0.419 e. The van der Waals surface area contributed by atoms with Gasteiger partial charge in [0.05, 0.1) is 8.45 Å². The summed E-state index contributed by atoms with van der Waals surface area (Å²) in [6.45, 7) is 0. The zero-order chi connectivity index (χ0) is 14.2. The van der Waals surface area contributed by atoms with Gasteiger partial charge in [-0.25, -0.2) is 4.39 Å². The second-order valence-electron chi connectivity index (χ2n) is 3.82. The van der Waals surface area contributed by atoms with Crippen molar-refractivity contribution in [1.29, 1.82) is 0 Å². The molecule has 102 valence electrons. The zero-order valence-electron chi connectivity index (χ0n) is 9.21. The van der Waals surface area contributed by atoms with Crippen LogP contribution in [-0.2, 0) is 6.18 Å². The van der Waals surface area contributed by atoms with E-state index in [1.54, 1.807) is 11.4 Å². The van der Waals surface area contributed by atoms with Crippen molar-refractivity contribution in [3.63, 3.8) is 0 Å². The highest BCUT2D eigenvalue weighted by atomic mass is 127. The van der Waals surface area contributed by atoms with Crippen molar-refractivity contribution in [2.75, 3.05) is 0 Å². The summed E-state index contributed by atoms with van der Waals surface area (Å²) in [6.07, 6.45) is -5.86. The quantitative estimate of drug-likeness (QED) is 0.576. The molecule has 1 nitrogen and oxygen atoms in total. The Hall–Kier alpha value is -0.670. The van der Waals surface area contributed by atoms with E-state index in [1.165, 1.54) is 11.3 Å². The summed E-state index contributed by atoms with van der Waals surface area (Å²) in [4.78, 5) is 0. The van der Waals surface area contributed by atoms with Crippen LogP contribution in [0, 0.1) is 8.70 Å². The molecule has 7 heteroatoms. The largest absolute Gasteiger partial charge is 0.419 e. The molecule has 0 spiro atoms. The summed E-state index contributed by atoms with van der Waals surface area (Å²) in [5.74, 6) is -1.38. The molecule has 0 saturated heterocycles. The van der Waals surface area contributed by atoms with Crippen molar-refractivity contribution < 1.29 is 22.7 Å². The third-order valence-electron chi connectivity index (χ3n) is 2.52. The zero-order valence-corrected chi connectivity index (χ0v) is 12.2. The average Bonchev–Trinajstić information content (AvgIpc) is 2.73. The highest BCUT2D eigenvalue weighted by molar-refractivity contribution is 14.1. The van der Waals surface area contributed by atoms with Crippen molar-refractivity contribution >= 4 is 33.9 Å². The van der Waals surface area contributed by atoms with Crippen LogP contribution >= 0.6 is 33.9 Å². The Morgan fingerprint density at radius 1 is 1.16 bits per heavy atom. The first kappa shape index (κ1) is 14.7. The second kappa shape index (κ2) is 5.37. The third-order valence-corrected chi connectivity index (χ3v) is 4.32. The van der Waals surface area contributed by atoms with E-state index in [1.807, 2.05) is 0 Å². The van der Waals surface area contributed by atoms with Gasteiger partial charge in [-0.15, -0.1) is 11.3 Å². The van der Waals surface area contributed by atoms with Crippen molar-refractivity contribution in [2.24, 2.45) is 0 Å². The Kier molecular flexibility index (Phi) is 4.17. The highest BCUT2D eigenvalue weighted by Gasteiger charge is 2.34. The molecule has 1 N–H and O–H groups in total. The van der Waals surface area contributed by atoms with E-state index in [9.17, 15) is 22.7 Å². The predicted octanol–water partition coefficient (Wildman–Crippen LogP) is 4.59. The van der Waals surface area contributed by atoms with Gasteiger partial charge in [-0.05, 0) is 57.3 Å². The van der Waals surface area contributed by atoms with Crippen LogP contribution in [0.25, 0.3) is 0 Å². The van der Waals surface area contributed by atoms with Crippen LogP contribution in [0.5, 0.6) is 0 Å². The smallest absolute Gasteiger partial charge is 0.384 e. The Bertz CT molecular complexity index is 594. The number of aliphatic hydroxyl groups is 1. The summed E-state index contributed by atoms with van der Waals surface area (Å²) in [5, 5.41) is 11.7. The SMILES string of the molecule is OC(c1csc(I)c1)c1ccc(C(F)(F)F)c(F)c1. The lowest BCUT2D eigenvalue weighted by atomic mass is 10.0. The van der Waals surface area contributed by atoms with E-state index in [0.29, 0.717) is 11.6 Å². The number of hydrogen-bond donors (Lipinski definition) is 1. The molecule has 0 aliphatic carbocycles. The molecule has 0 aliphatic heterocycles. The fourth-order valence-corrected chi connectivity index (χ4v) is 2.98. The monoisotopic (exact) mass is 402 g/mol. The van der Waals surface area contributed by atoms with Crippen molar-refractivity contribution in [1.82, 2.24) is 0 Å². The lowest BCUT2D eigenvalue weighted by molar-refractivity contribution is -0.140. The number of hydrogen-bond acceptors (Lipinski definition) is 2. The molecule has 0 aliphatic rings. The molecule has 1 aromatic carbocycles. The molecule has 0 saturated carbocycles. The van der Waals surface area contributed by atoms with Crippen LogP contribution in [-0.4, -0.2) is 5.11 Å². The minimum absolute atomic E-state index is 0.0969. The maximum absolute atomic E-state index is 13.4. The number of benzene rings is 1. The van der Waals surface area contributed by atoms with E-state index in [-0.39, 0.29) is 5.56 Å². The van der Waals surface area contributed by atoms with Crippen LogP contribution in [0.2, 0.25) is 0 Å². The summed E-state index contributed by atoms with van der Waals surface area (Å²) < 4.78 is 51.5. The molecule has 1 heterocycles. The number of aliphatic hydroxyl groups excluding tert-OH is 1. The highest BCUT2D eigenvalue weighted by Crippen LogP contribution is 2.34. The van der Waals surface area contributed by atoms with Gasteiger partial charge in [-0.3, -0.25) is 0 Å². The first-order valence-electron chi connectivity index (χ1n) is 5.07. The van der Waals surface area contributed by atoms with Gasteiger partial charge in [0.1, 0.15) is 11.9 Å². The summed E-state index contributed by atoms with van der Waals surface area (Å²) >= 11 is 3.45. The lowest BCUT2D eigenvalue weighted by Crippen LogP contribution is -2.09. The van der Waals surface area contributed by atoms with Crippen LogP contribution in [0.4, 0.5) is 17.6 Å². The standard InChI is InChI=1S/C12H7F4IOS/c13-9-3-6(1-2-8(9)12(14,15)16)11(18)7-4-10(17)19-5-7/h1-5,11,18H. The molecule has 0 bridgehead atoms. The molecule has 1 aromatic heterocycles. The first-order chi connectivity index (χ1) is 8.79. The molecule has 0 fully saturated rings. The van der Waals surface area contributed by atoms with Gasteiger partial charge in [0, 0.05) is 0 Å². The average molecular weight is 402 g/mol.